The zero-order valence-electron chi connectivity index (χ0n) is 20.3. The molecule has 1 amide bonds. The smallest absolute Gasteiger partial charge is 0.272 e. The van der Waals surface area contributed by atoms with E-state index in [0.29, 0.717) is 42.6 Å². The Morgan fingerprint density at radius 2 is 1.95 bits per heavy atom. The Morgan fingerprint density at radius 1 is 1.19 bits per heavy atom. The van der Waals surface area contributed by atoms with Gasteiger partial charge in [0.05, 0.1) is 11.3 Å². The van der Waals surface area contributed by atoms with Gasteiger partial charge in [0.1, 0.15) is 17.6 Å². The lowest BCUT2D eigenvalue weighted by atomic mass is 9.75. The molecule has 1 aliphatic heterocycles. The highest BCUT2D eigenvalue weighted by Gasteiger charge is 2.59. The van der Waals surface area contributed by atoms with Gasteiger partial charge in [-0.2, -0.15) is 0 Å². The van der Waals surface area contributed by atoms with E-state index in [4.69, 9.17) is 18.8 Å². The van der Waals surface area contributed by atoms with Crippen molar-refractivity contribution in [3.63, 3.8) is 0 Å². The topological polar surface area (TPSA) is 70.8 Å². The molecule has 0 radical (unpaired) electrons. The summed E-state index contributed by atoms with van der Waals surface area (Å²) in [6.07, 6.45) is 8.41. The molecule has 1 spiro atoms. The molecule has 3 aromatic rings. The SMILES string of the molecule is [C-]#[N+]c1ncc(N2C(=O)C3(CCC3)N(c3ccc(F)c(C(=O)CCCc4ccncc4)c3)C2=S)cc1C. The van der Waals surface area contributed by atoms with E-state index in [9.17, 15) is 14.0 Å². The molecule has 0 N–H and O–H groups in total. The van der Waals surface area contributed by atoms with Crippen LogP contribution < -0.4 is 9.80 Å². The highest BCUT2D eigenvalue weighted by molar-refractivity contribution is 7.81. The molecule has 9 heteroatoms. The van der Waals surface area contributed by atoms with Gasteiger partial charge in [-0.3, -0.25) is 19.5 Å². The van der Waals surface area contributed by atoms with Crippen LogP contribution in [0.25, 0.3) is 4.85 Å². The number of benzene rings is 1. The van der Waals surface area contributed by atoms with Crippen LogP contribution in [0.2, 0.25) is 0 Å². The summed E-state index contributed by atoms with van der Waals surface area (Å²) in [5.74, 6) is -0.792. The Balaban J connectivity index is 1.43. The van der Waals surface area contributed by atoms with Crippen LogP contribution in [0.5, 0.6) is 0 Å². The minimum absolute atomic E-state index is 0.00526. The van der Waals surface area contributed by atoms with E-state index >= 15 is 0 Å². The van der Waals surface area contributed by atoms with Crippen molar-refractivity contribution in [2.75, 3.05) is 9.80 Å². The first kappa shape index (κ1) is 24.7. The van der Waals surface area contributed by atoms with E-state index in [-0.39, 0.29) is 34.6 Å². The number of anilines is 2. The zero-order valence-corrected chi connectivity index (χ0v) is 21.1. The van der Waals surface area contributed by atoms with Crippen LogP contribution in [0.1, 0.15) is 53.6 Å². The van der Waals surface area contributed by atoms with Crippen LogP contribution in [0.3, 0.4) is 0 Å². The molecule has 2 fully saturated rings. The van der Waals surface area contributed by atoms with Gasteiger partial charge in [0, 0.05) is 24.5 Å². The third-order valence-electron chi connectivity index (χ3n) is 7.12. The molecular weight excluding hydrogens is 489 g/mol. The molecule has 1 saturated carbocycles. The second-order valence-corrected chi connectivity index (χ2v) is 9.75. The summed E-state index contributed by atoms with van der Waals surface area (Å²) >= 11 is 5.78. The van der Waals surface area contributed by atoms with Gasteiger partial charge in [-0.15, -0.1) is 4.98 Å². The number of rotatable bonds is 7. The molecular formula is C28H24FN5O2S. The minimum Gasteiger partial charge on any atom is -0.360 e. The van der Waals surface area contributed by atoms with E-state index in [2.05, 4.69) is 14.8 Å². The zero-order chi connectivity index (χ0) is 26.2. The van der Waals surface area contributed by atoms with Crippen molar-refractivity contribution >= 4 is 46.2 Å². The molecule has 1 saturated heterocycles. The van der Waals surface area contributed by atoms with E-state index in [1.165, 1.54) is 23.2 Å². The molecule has 0 unspecified atom stereocenters. The fourth-order valence-corrected chi connectivity index (χ4v) is 5.47. The number of carbonyl (C=O) groups excluding carboxylic acids is 2. The third-order valence-corrected chi connectivity index (χ3v) is 7.49. The number of hydrogen-bond donors (Lipinski definition) is 0. The molecule has 37 heavy (non-hydrogen) atoms. The summed E-state index contributed by atoms with van der Waals surface area (Å²) in [5, 5.41) is 0.254. The van der Waals surface area contributed by atoms with Gasteiger partial charge in [0.25, 0.3) is 11.7 Å². The quantitative estimate of drug-likeness (QED) is 0.228. The number of aromatic nitrogens is 2. The lowest BCUT2D eigenvalue weighted by molar-refractivity contribution is -0.123. The fraction of sp³-hybridized carbons (Fsp3) is 0.286. The number of Topliss-reactive ketones (excluding diaryl/α,β-unsaturated/α-hetero) is 1. The van der Waals surface area contributed by atoms with Crippen molar-refractivity contribution in [3.05, 3.63) is 88.9 Å². The highest BCUT2D eigenvalue weighted by atomic mass is 32.1. The van der Waals surface area contributed by atoms with Gasteiger partial charge in [-0.05, 0) is 98.8 Å². The van der Waals surface area contributed by atoms with Crippen molar-refractivity contribution in [3.8, 4) is 0 Å². The second-order valence-electron chi connectivity index (χ2n) is 9.39. The second kappa shape index (κ2) is 9.79. The third kappa shape index (κ3) is 4.27. The standard InChI is InChI=1S/C28H24FN5O2S/c1-18-15-21(17-32-25(18)30-2)33-26(36)28(11-4-12-28)34(27(33)37)20-7-8-23(29)22(16-20)24(35)6-3-5-19-9-13-31-14-10-19/h7-10,13-17H,3-6,11-12H2,1H3. The first-order chi connectivity index (χ1) is 17.9. The van der Waals surface area contributed by atoms with Gasteiger partial charge < -0.3 is 9.74 Å². The maximum absolute atomic E-state index is 14.8. The Kier molecular flexibility index (Phi) is 6.52. The molecule has 5 rings (SSSR count). The van der Waals surface area contributed by atoms with Crippen LogP contribution >= 0.6 is 12.2 Å². The van der Waals surface area contributed by atoms with E-state index in [0.717, 1.165) is 12.0 Å². The van der Waals surface area contributed by atoms with Gasteiger partial charge in [-0.1, -0.05) is 6.57 Å². The molecule has 0 bridgehead atoms. The Labute approximate surface area is 219 Å². The Hall–Kier alpha value is -4.03. The Bertz CT molecular complexity index is 1450. The molecule has 0 atom stereocenters. The predicted octanol–water partition coefficient (Wildman–Crippen LogP) is 5.74. The van der Waals surface area contributed by atoms with Gasteiger partial charge >= 0.3 is 0 Å². The summed E-state index contributed by atoms with van der Waals surface area (Å²) in [6, 6.07) is 9.86. The van der Waals surface area contributed by atoms with Crippen molar-refractivity contribution in [2.45, 2.75) is 51.0 Å². The summed E-state index contributed by atoms with van der Waals surface area (Å²) in [5.41, 5.74) is 1.84. The largest absolute Gasteiger partial charge is 0.360 e. The monoisotopic (exact) mass is 513 g/mol. The van der Waals surface area contributed by atoms with Gasteiger partial charge in [-0.25, -0.2) is 4.39 Å². The van der Waals surface area contributed by atoms with E-state index in [1.807, 2.05) is 12.1 Å². The molecule has 1 aromatic carbocycles. The lowest BCUT2D eigenvalue weighted by Crippen LogP contribution is -2.55. The molecule has 2 aliphatic rings. The van der Waals surface area contributed by atoms with Gasteiger partial charge in [0.2, 0.25) is 0 Å². The average Bonchev–Trinajstić information content (AvgIpc) is 3.11. The molecule has 1 aliphatic carbocycles. The summed E-state index contributed by atoms with van der Waals surface area (Å²) in [4.78, 5) is 41.4. The molecule has 7 nitrogen and oxygen atoms in total. The number of ketones is 1. The van der Waals surface area contributed by atoms with E-state index < -0.39 is 11.4 Å². The van der Waals surface area contributed by atoms with Crippen molar-refractivity contribution < 1.29 is 14.0 Å². The Morgan fingerprint density at radius 3 is 2.59 bits per heavy atom. The minimum atomic E-state index is -0.872. The summed E-state index contributed by atoms with van der Waals surface area (Å²) < 4.78 is 14.8. The molecule has 186 valence electrons. The number of hydrogen-bond acceptors (Lipinski definition) is 5. The number of aryl methyl sites for hydroxylation is 2. The maximum Gasteiger partial charge on any atom is 0.272 e. The number of nitrogens with zero attached hydrogens (tertiary/aromatic N) is 5. The van der Waals surface area contributed by atoms with Crippen molar-refractivity contribution in [1.29, 1.82) is 0 Å². The first-order valence-corrected chi connectivity index (χ1v) is 12.5. The summed E-state index contributed by atoms with van der Waals surface area (Å²) in [7, 11) is 0. The van der Waals surface area contributed by atoms with Crippen molar-refractivity contribution in [1.82, 2.24) is 9.97 Å². The maximum atomic E-state index is 14.8. The van der Waals surface area contributed by atoms with E-state index in [1.54, 1.807) is 36.4 Å². The average molecular weight is 514 g/mol. The van der Waals surface area contributed by atoms with Crippen LogP contribution in [0, 0.1) is 19.3 Å². The van der Waals surface area contributed by atoms with Crippen LogP contribution in [0.15, 0.2) is 55.0 Å². The normalized spacial score (nSPS) is 16.1. The summed E-state index contributed by atoms with van der Waals surface area (Å²) in [6.45, 7) is 9.00. The lowest BCUT2D eigenvalue weighted by Gasteiger charge is -2.43. The number of halogens is 1. The number of carbonyl (C=O) groups is 2. The van der Waals surface area contributed by atoms with Crippen LogP contribution in [-0.4, -0.2) is 32.3 Å². The van der Waals surface area contributed by atoms with Gasteiger partial charge in [0.15, 0.2) is 10.9 Å². The van der Waals surface area contributed by atoms with Crippen LogP contribution in [-0.2, 0) is 11.2 Å². The first-order valence-electron chi connectivity index (χ1n) is 12.1. The number of pyridine rings is 2. The molecule has 2 aromatic heterocycles. The number of amides is 1. The van der Waals surface area contributed by atoms with Crippen molar-refractivity contribution in [2.24, 2.45) is 0 Å². The highest BCUT2D eigenvalue weighted by Crippen LogP contribution is 2.48. The molecule has 3 heterocycles. The number of thiocarbonyl (C=S) groups is 1. The predicted molar refractivity (Wildman–Crippen MR) is 142 cm³/mol. The fourth-order valence-electron chi connectivity index (χ4n) is 5.00. The van der Waals surface area contributed by atoms with Crippen LogP contribution in [0.4, 0.5) is 21.6 Å².